The number of nitrogens with one attached hydrogen (secondary N) is 1. The van der Waals surface area contributed by atoms with Gasteiger partial charge in [0.25, 0.3) is 0 Å². The molecule has 0 aromatic carbocycles. The van der Waals surface area contributed by atoms with Crippen molar-refractivity contribution in [3.8, 4) is 11.4 Å². The van der Waals surface area contributed by atoms with Gasteiger partial charge in [0.15, 0.2) is 0 Å². The molecule has 14 heavy (non-hydrogen) atoms. The lowest BCUT2D eigenvalue weighted by atomic mass is 10.3. The highest BCUT2D eigenvalue weighted by Gasteiger charge is 2.05. The van der Waals surface area contributed by atoms with Gasteiger partial charge in [-0.25, -0.2) is 4.98 Å². The summed E-state index contributed by atoms with van der Waals surface area (Å²) in [6.45, 7) is 0. The number of H-pyrrole nitrogens is 1. The third kappa shape index (κ3) is 2.00. The molecule has 0 unspecified atom stereocenters. The monoisotopic (exact) mass is 223 g/mol. The number of nitrogens with two attached hydrogens (primary N) is 1. The molecule has 0 amide bonds. The maximum Gasteiger partial charge on any atom is 0.100 e. The number of hydrogen-bond acceptors (Lipinski definition) is 3. The topological polar surface area (TPSA) is 54.7 Å². The van der Waals surface area contributed by atoms with Gasteiger partial charge in [-0.1, -0.05) is 12.2 Å². The zero-order valence-corrected chi connectivity index (χ0v) is 8.99. The van der Waals surface area contributed by atoms with Gasteiger partial charge in [0, 0.05) is 18.0 Å². The van der Waals surface area contributed by atoms with Gasteiger partial charge in [0.05, 0.1) is 16.4 Å². The van der Waals surface area contributed by atoms with Gasteiger partial charge in [0.2, 0.25) is 0 Å². The fourth-order valence-electron chi connectivity index (χ4n) is 1.15. The van der Waals surface area contributed by atoms with Gasteiger partial charge >= 0.3 is 0 Å². The molecule has 0 radical (unpaired) electrons. The van der Waals surface area contributed by atoms with Crippen molar-refractivity contribution >= 4 is 28.5 Å². The Hall–Kier alpha value is -1.20. The molecule has 2 aromatic rings. The molecule has 0 fully saturated rings. The van der Waals surface area contributed by atoms with Crippen LogP contribution in [0, 0.1) is 0 Å². The smallest absolute Gasteiger partial charge is 0.100 e. The first-order valence-electron chi connectivity index (χ1n) is 4.12. The Morgan fingerprint density at radius 3 is 3.14 bits per heavy atom. The molecular formula is C9H9N3S2. The van der Waals surface area contributed by atoms with Gasteiger partial charge in [0.1, 0.15) is 5.01 Å². The Morgan fingerprint density at radius 1 is 1.64 bits per heavy atom. The molecule has 72 valence electrons. The molecule has 2 heterocycles. The summed E-state index contributed by atoms with van der Waals surface area (Å²) in [5.74, 6) is 0. The van der Waals surface area contributed by atoms with Crippen LogP contribution in [0.15, 0.2) is 23.7 Å². The summed E-state index contributed by atoms with van der Waals surface area (Å²) in [5.41, 5.74) is 7.42. The molecule has 2 aromatic heterocycles. The van der Waals surface area contributed by atoms with Crippen LogP contribution in [0.3, 0.4) is 0 Å². The van der Waals surface area contributed by atoms with Crippen LogP contribution in [-0.2, 0) is 6.42 Å². The summed E-state index contributed by atoms with van der Waals surface area (Å²) in [7, 11) is 0. The van der Waals surface area contributed by atoms with Crippen LogP contribution >= 0.6 is 23.6 Å². The zero-order valence-electron chi connectivity index (χ0n) is 7.36. The third-order valence-electron chi connectivity index (χ3n) is 1.75. The fourth-order valence-corrected chi connectivity index (χ4v) is 2.20. The lowest BCUT2D eigenvalue weighted by Crippen LogP contribution is -2.10. The van der Waals surface area contributed by atoms with Gasteiger partial charge in [-0.05, 0) is 12.1 Å². The Labute approximate surface area is 91.0 Å². The van der Waals surface area contributed by atoms with E-state index in [9.17, 15) is 0 Å². The molecule has 2 rings (SSSR count). The Kier molecular flexibility index (Phi) is 2.60. The summed E-state index contributed by atoms with van der Waals surface area (Å²) in [4.78, 5) is 8.00. The van der Waals surface area contributed by atoms with Crippen LogP contribution < -0.4 is 5.73 Å². The highest BCUT2D eigenvalue weighted by molar-refractivity contribution is 7.80. The third-order valence-corrected chi connectivity index (χ3v) is 2.74. The molecule has 0 aliphatic heterocycles. The van der Waals surface area contributed by atoms with Gasteiger partial charge < -0.3 is 10.7 Å². The lowest BCUT2D eigenvalue weighted by molar-refractivity contribution is 1.21. The molecule has 0 aliphatic carbocycles. The summed E-state index contributed by atoms with van der Waals surface area (Å²) < 4.78 is 0. The quantitative estimate of drug-likeness (QED) is 0.782. The highest BCUT2D eigenvalue weighted by Crippen LogP contribution is 2.20. The van der Waals surface area contributed by atoms with Crippen molar-refractivity contribution in [1.29, 1.82) is 0 Å². The molecule has 0 aliphatic rings. The second-order valence-corrected chi connectivity index (χ2v) is 4.32. The molecule has 0 saturated heterocycles. The molecule has 0 spiro atoms. The van der Waals surface area contributed by atoms with Crippen LogP contribution in [-0.4, -0.2) is 15.0 Å². The van der Waals surface area contributed by atoms with E-state index < -0.39 is 0 Å². The summed E-state index contributed by atoms with van der Waals surface area (Å²) in [6, 6.07) is 3.93. The molecule has 0 saturated carbocycles. The van der Waals surface area contributed by atoms with E-state index in [1.54, 1.807) is 11.3 Å². The number of aromatic amines is 1. The number of rotatable bonds is 3. The van der Waals surface area contributed by atoms with Crippen LogP contribution in [0.5, 0.6) is 0 Å². The van der Waals surface area contributed by atoms with Crippen molar-refractivity contribution in [2.45, 2.75) is 6.42 Å². The number of aromatic nitrogens is 2. The number of hydrogen-bond donors (Lipinski definition) is 2. The molecule has 3 nitrogen and oxygen atoms in total. The number of nitrogens with zero attached hydrogens (tertiary/aromatic N) is 1. The van der Waals surface area contributed by atoms with E-state index in [-0.39, 0.29) is 0 Å². The van der Waals surface area contributed by atoms with Crippen molar-refractivity contribution < 1.29 is 0 Å². The molecule has 0 atom stereocenters. The predicted molar refractivity (Wildman–Crippen MR) is 62.4 cm³/mol. The van der Waals surface area contributed by atoms with E-state index in [1.807, 2.05) is 23.7 Å². The second-order valence-electron chi connectivity index (χ2n) is 2.85. The van der Waals surface area contributed by atoms with Gasteiger partial charge in [-0.3, -0.25) is 0 Å². The van der Waals surface area contributed by atoms with Crippen molar-refractivity contribution in [2.24, 2.45) is 5.73 Å². The average molecular weight is 223 g/mol. The first-order chi connectivity index (χ1) is 6.75. The predicted octanol–water partition coefficient (Wildman–Crippen LogP) is 1.97. The van der Waals surface area contributed by atoms with Gasteiger partial charge in [-0.15, -0.1) is 11.3 Å². The minimum Gasteiger partial charge on any atom is -0.393 e. The van der Waals surface area contributed by atoms with Crippen molar-refractivity contribution in [1.82, 2.24) is 9.97 Å². The molecular weight excluding hydrogens is 214 g/mol. The molecule has 0 bridgehead atoms. The highest BCUT2D eigenvalue weighted by atomic mass is 32.1. The Balaban J connectivity index is 2.22. The standard InChI is InChI=1S/C9H9N3S2/c10-8(13)4-9-12-7(5-14-9)6-2-1-3-11-6/h1-3,5,11H,4H2,(H2,10,13). The SMILES string of the molecule is NC(=S)Cc1nc(-c2ccc[nH]2)cs1. The molecule has 3 N–H and O–H groups in total. The largest absolute Gasteiger partial charge is 0.393 e. The van der Waals surface area contributed by atoms with Gasteiger partial charge in [-0.2, -0.15) is 0 Å². The first-order valence-corrected chi connectivity index (χ1v) is 5.41. The van der Waals surface area contributed by atoms with E-state index in [0.29, 0.717) is 11.4 Å². The summed E-state index contributed by atoms with van der Waals surface area (Å²) in [5, 5.41) is 2.96. The first kappa shape index (κ1) is 9.36. The van der Waals surface area contributed by atoms with E-state index >= 15 is 0 Å². The van der Waals surface area contributed by atoms with E-state index in [0.717, 1.165) is 16.4 Å². The number of thiazole rings is 1. The number of thiocarbonyl (C=S) groups is 1. The maximum atomic E-state index is 5.44. The minimum absolute atomic E-state index is 0.484. The molecule has 5 heteroatoms. The Morgan fingerprint density at radius 2 is 2.50 bits per heavy atom. The van der Waals surface area contributed by atoms with Crippen molar-refractivity contribution in [3.63, 3.8) is 0 Å². The second kappa shape index (κ2) is 3.89. The summed E-state index contributed by atoms with van der Waals surface area (Å²) >= 11 is 6.40. The maximum absolute atomic E-state index is 5.44. The van der Waals surface area contributed by atoms with Crippen molar-refractivity contribution in [2.75, 3.05) is 0 Å². The lowest BCUT2D eigenvalue weighted by Gasteiger charge is -1.91. The van der Waals surface area contributed by atoms with E-state index in [1.165, 1.54) is 0 Å². The fraction of sp³-hybridized carbons (Fsp3) is 0.111. The van der Waals surface area contributed by atoms with Crippen LogP contribution in [0.25, 0.3) is 11.4 Å². The van der Waals surface area contributed by atoms with Crippen molar-refractivity contribution in [3.05, 3.63) is 28.7 Å². The average Bonchev–Trinajstić information content (AvgIpc) is 2.69. The van der Waals surface area contributed by atoms with E-state index in [2.05, 4.69) is 9.97 Å². The zero-order chi connectivity index (χ0) is 9.97. The van der Waals surface area contributed by atoms with Crippen LogP contribution in [0.2, 0.25) is 0 Å². The summed E-state index contributed by atoms with van der Waals surface area (Å²) in [6.07, 6.45) is 2.46. The Bertz CT molecular complexity index is 431. The van der Waals surface area contributed by atoms with Crippen LogP contribution in [0.1, 0.15) is 5.01 Å². The van der Waals surface area contributed by atoms with Crippen LogP contribution in [0.4, 0.5) is 0 Å². The normalized spacial score (nSPS) is 10.3. The van der Waals surface area contributed by atoms with E-state index in [4.69, 9.17) is 18.0 Å². The minimum atomic E-state index is 0.484.